The van der Waals surface area contributed by atoms with E-state index in [1.54, 1.807) is 6.07 Å². The molecule has 0 aliphatic carbocycles. The van der Waals surface area contributed by atoms with Gasteiger partial charge in [0.05, 0.1) is 0 Å². The van der Waals surface area contributed by atoms with E-state index < -0.39 is 22.0 Å². The lowest BCUT2D eigenvalue weighted by molar-refractivity contribution is -0.140. The summed E-state index contributed by atoms with van der Waals surface area (Å²) in [6, 6.07) is 1.88. The van der Waals surface area contributed by atoms with Gasteiger partial charge in [0.25, 0.3) is 0 Å². The second-order valence-electron chi connectivity index (χ2n) is 3.26. The molecule has 0 fully saturated rings. The Morgan fingerprint density at radius 1 is 1.65 bits per heavy atom. The number of sulfonamides is 1. The SMILES string of the molecule is CC(C(=O)O)N(C)S(=O)(=O)c1ccsc1C#N. The van der Waals surface area contributed by atoms with Crippen LogP contribution in [0, 0.1) is 11.3 Å². The second-order valence-corrected chi connectivity index (χ2v) is 6.14. The lowest BCUT2D eigenvalue weighted by Gasteiger charge is -2.20. The molecule has 1 N–H and O–H groups in total. The number of nitrogens with zero attached hydrogens (tertiary/aromatic N) is 2. The predicted molar refractivity (Wildman–Crippen MR) is 61.1 cm³/mol. The summed E-state index contributed by atoms with van der Waals surface area (Å²) < 4.78 is 24.8. The average Bonchev–Trinajstić information content (AvgIpc) is 2.75. The standard InChI is InChI=1S/C9H10N2O4S2/c1-6(9(12)13)11(2)17(14,15)8-3-4-16-7(8)5-10/h3-4,6H,1-2H3,(H,12,13). The van der Waals surface area contributed by atoms with Gasteiger partial charge in [-0.25, -0.2) is 8.42 Å². The third kappa shape index (κ3) is 2.46. The molecule has 0 radical (unpaired) electrons. The van der Waals surface area contributed by atoms with Gasteiger partial charge in [0.15, 0.2) is 0 Å². The fourth-order valence-corrected chi connectivity index (χ4v) is 3.56. The maximum atomic E-state index is 12.0. The third-order valence-corrected chi connectivity index (χ3v) is 5.21. The van der Waals surface area contributed by atoms with Crippen LogP contribution in [0.5, 0.6) is 0 Å². The summed E-state index contributed by atoms with van der Waals surface area (Å²) in [4.78, 5) is 10.6. The molecule has 1 unspecified atom stereocenters. The van der Waals surface area contributed by atoms with Crippen LogP contribution in [0.3, 0.4) is 0 Å². The Morgan fingerprint density at radius 3 is 2.71 bits per heavy atom. The molecule has 0 bridgehead atoms. The van der Waals surface area contributed by atoms with Gasteiger partial charge in [-0.15, -0.1) is 11.3 Å². The molecular weight excluding hydrogens is 264 g/mol. The summed E-state index contributed by atoms with van der Waals surface area (Å²) in [5.41, 5.74) is 0. The first kappa shape index (κ1) is 13.6. The maximum Gasteiger partial charge on any atom is 0.321 e. The molecule has 1 aromatic rings. The highest BCUT2D eigenvalue weighted by Crippen LogP contribution is 2.24. The molecule has 1 atom stereocenters. The number of thiophene rings is 1. The van der Waals surface area contributed by atoms with E-state index >= 15 is 0 Å². The Labute approximate surface area is 103 Å². The van der Waals surface area contributed by atoms with E-state index in [4.69, 9.17) is 10.4 Å². The summed E-state index contributed by atoms with van der Waals surface area (Å²) in [7, 11) is -2.77. The zero-order valence-corrected chi connectivity index (χ0v) is 10.7. The average molecular weight is 274 g/mol. The molecular formula is C9H10N2O4S2. The number of likely N-dealkylation sites (N-methyl/N-ethyl adjacent to an activating group) is 1. The zero-order chi connectivity index (χ0) is 13.2. The minimum absolute atomic E-state index is 0.0504. The first-order valence-corrected chi connectivity index (χ1v) is 6.82. The molecule has 17 heavy (non-hydrogen) atoms. The van der Waals surface area contributed by atoms with Gasteiger partial charge >= 0.3 is 5.97 Å². The molecule has 0 aromatic carbocycles. The van der Waals surface area contributed by atoms with Crippen LogP contribution in [-0.2, 0) is 14.8 Å². The minimum Gasteiger partial charge on any atom is -0.480 e. The summed E-state index contributed by atoms with van der Waals surface area (Å²) in [5, 5.41) is 19.0. The first-order chi connectivity index (χ1) is 7.82. The lowest BCUT2D eigenvalue weighted by Crippen LogP contribution is -2.40. The van der Waals surface area contributed by atoms with Crippen LogP contribution in [0.4, 0.5) is 0 Å². The number of hydrogen-bond donors (Lipinski definition) is 1. The van der Waals surface area contributed by atoms with Gasteiger partial charge in [0, 0.05) is 7.05 Å². The minimum atomic E-state index is -3.94. The van der Waals surface area contributed by atoms with Gasteiger partial charge in [0.1, 0.15) is 21.9 Å². The fraction of sp³-hybridized carbons (Fsp3) is 0.333. The van der Waals surface area contributed by atoms with Crippen LogP contribution in [0.2, 0.25) is 0 Å². The number of aliphatic carboxylic acids is 1. The highest BCUT2D eigenvalue weighted by molar-refractivity contribution is 7.89. The van der Waals surface area contributed by atoms with E-state index in [0.29, 0.717) is 0 Å². The van der Waals surface area contributed by atoms with Crippen molar-refractivity contribution in [2.45, 2.75) is 17.9 Å². The summed E-state index contributed by atoms with van der Waals surface area (Å²) in [5.74, 6) is -1.25. The topological polar surface area (TPSA) is 98.5 Å². The van der Waals surface area contributed by atoms with E-state index in [1.807, 2.05) is 0 Å². The molecule has 1 heterocycles. The zero-order valence-electron chi connectivity index (χ0n) is 9.11. The van der Waals surface area contributed by atoms with Crippen LogP contribution in [0.25, 0.3) is 0 Å². The molecule has 0 spiro atoms. The van der Waals surface area contributed by atoms with Gasteiger partial charge in [-0.1, -0.05) is 0 Å². The number of carboxylic acids is 1. The van der Waals surface area contributed by atoms with Gasteiger partial charge in [-0.2, -0.15) is 9.57 Å². The largest absolute Gasteiger partial charge is 0.480 e. The van der Waals surface area contributed by atoms with Crippen LogP contribution >= 0.6 is 11.3 Å². The van der Waals surface area contributed by atoms with E-state index in [9.17, 15) is 13.2 Å². The third-order valence-electron chi connectivity index (χ3n) is 2.29. The van der Waals surface area contributed by atoms with Crippen molar-refractivity contribution in [3.05, 3.63) is 16.3 Å². The Hall–Kier alpha value is -1.43. The van der Waals surface area contributed by atoms with Crippen molar-refractivity contribution in [1.82, 2.24) is 4.31 Å². The number of carboxylic acid groups (broad SMARTS) is 1. The van der Waals surface area contributed by atoms with Crippen molar-refractivity contribution in [2.75, 3.05) is 7.05 Å². The second kappa shape index (κ2) is 4.83. The van der Waals surface area contributed by atoms with Crippen molar-refractivity contribution in [2.24, 2.45) is 0 Å². The van der Waals surface area contributed by atoms with Crippen LogP contribution in [0.15, 0.2) is 16.3 Å². The number of hydrogen-bond acceptors (Lipinski definition) is 5. The monoisotopic (exact) mass is 274 g/mol. The van der Waals surface area contributed by atoms with Crippen LogP contribution < -0.4 is 0 Å². The highest BCUT2D eigenvalue weighted by atomic mass is 32.2. The van der Waals surface area contributed by atoms with Crippen molar-refractivity contribution in [3.63, 3.8) is 0 Å². The van der Waals surface area contributed by atoms with Gasteiger partial charge in [0.2, 0.25) is 10.0 Å². The van der Waals surface area contributed by atoms with Crippen molar-refractivity contribution in [1.29, 1.82) is 5.26 Å². The molecule has 0 saturated heterocycles. The van der Waals surface area contributed by atoms with E-state index in [-0.39, 0.29) is 9.77 Å². The molecule has 8 heteroatoms. The van der Waals surface area contributed by atoms with Crippen LogP contribution in [-0.4, -0.2) is 36.9 Å². The quantitative estimate of drug-likeness (QED) is 0.872. The Bertz CT molecular complexity index is 570. The molecule has 0 aliphatic heterocycles. The highest BCUT2D eigenvalue weighted by Gasteiger charge is 2.31. The van der Waals surface area contributed by atoms with Crippen molar-refractivity contribution in [3.8, 4) is 6.07 Å². The maximum absolute atomic E-state index is 12.0. The predicted octanol–water partition coefficient (Wildman–Crippen LogP) is 0.713. The van der Waals surface area contributed by atoms with Crippen molar-refractivity contribution < 1.29 is 18.3 Å². The fourth-order valence-electron chi connectivity index (χ4n) is 1.10. The molecule has 92 valence electrons. The molecule has 0 aliphatic rings. The molecule has 1 aromatic heterocycles. The Morgan fingerprint density at radius 2 is 2.24 bits per heavy atom. The van der Waals surface area contributed by atoms with Crippen molar-refractivity contribution >= 4 is 27.3 Å². The first-order valence-electron chi connectivity index (χ1n) is 4.50. The lowest BCUT2D eigenvalue weighted by atomic mass is 10.4. The van der Waals surface area contributed by atoms with E-state index in [2.05, 4.69) is 0 Å². The number of rotatable bonds is 4. The van der Waals surface area contributed by atoms with Gasteiger partial charge < -0.3 is 5.11 Å². The molecule has 0 amide bonds. The Kier molecular flexibility index (Phi) is 3.87. The Balaban J connectivity index is 3.22. The van der Waals surface area contributed by atoms with E-state index in [1.165, 1.54) is 25.4 Å². The van der Waals surface area contributed by atoms with Gasteiger partial charge in [-0.3, -0.25) is 4.79 Å². The summed E-state index contributed by atoms with van der Waals surface area (Å²) in [6.45, 7) is 1.26. The van der Waals surface area contributed by atoms with Crippen LogP contribution in [0.1, 0.15) is 11.8 Å². The van der Waals surface area contributed by atoms with Gasteiger partial charge in [-0.05, 0) is 18.4 Å². The summed E-state index contributed by atoms with van der Waals surface area (Å²) in [6.07, 6.45) is 0. The molecule has 0 saturated carbocycles. The summed E-state index contributed by atoms with van der Waals surface area (Å²) >= 11 is 1.000. The number of nitriles is 1. The normalized spacial score (nSPS) is 13.3. The molecule has 1 rings (SSSR count). The number of carbonyl (C=O) groups is 1. The van der Waals surface area contributed by atoms with E-state index in [0.717, 1.165) is 15.6 Å². The molecule has 6 nitrogen and oxygen atoms in total. The smallest absolute Gasteiger partial charge is 0.321 e.